The monoisotopic (exact) mass is 339 g/mol. The molecule has 3 amide bonds. The fourth-order valence-electron chi connectivity index (χ4n) is 1.78. The second-order valence-electron chi connectivity index (χ2n) is 5.42. The molecule has 0 unspecified atom stereocenters. The topological polar surface area (TPSA) is 121 Å². The maximum Gasteiger partial charge on any atom is 0.327 e. The molecule has 0 bridgehead atoms. The van der Waals surface area contributed by atoms with Crippen molar-refractivity contribution in [1.82, 2.24) is 16.2 Å². The molecule has 1 aliphatic rings. The predicted octanol–water partition coefficient (Wildman–Crippen LogP) is -0.729. The van der Waals surface area contributed by atoms with Crippen molar-refractivity contribution in [2.45, 2.75) is 24.6 Å². The molecule has 1 aliphatic carbocycles. The van der Waals surface area contributed by atoms with E-state index in [4.69, 9.17) is 0 Å². The van der Waals surface area contributed by atoms with E-state index in [2.05, 4.69) is 10.7 Å². The molecule has 2 rings (SSSR count). The van der Waals surface area contributed by atoms with Crippen molar-refractivity contribution in [2.24, 2.45) is 0 Å². The summed E-state index contributed by atoms with van der Waals surface area (Å²) >= 11 is 0. The summed E-state index contributed by atoms with van der Waals surface area (Å²) in [6.07, 6.45) is 2.83. The van der Waals surface area contributed by atoms with E-state index >= 15 is 0 Å². The van der Waals surface area contributed by atoms with Crippen LogP contribution < -0.4 is 16.2 Å². The molecule has 0 aromatic heterocycles. The Morgan fingerprint density at radius 3 is 2.17 bits per heavy atom. The lowest BCUT2D eigenvalue weighted by atomic mass is 10.1. The Hall–Kier alpha value is -2.42. The van der Waals surface area contributed by atoms with Crippen LogP contribution in [-0.4, -0.2) is 38.4 Å². The first-order valence-corrected chi connectivity index (χ1v) is 8.98. The molecule has 1 saturated carbocycles. The molecular formula is C14H17N3O5S. The van der Waals surface area contributed by atoms with Crippen molar-refractivity contribution in [3.63, 3.8) is 0 Å². The first-order chi connectivity index (χ1) is 10.7. The maximum atomic E-state index is 11.8. The van der Waals surface area contributed by atoms with Gasteiger partial charge in [0.25, 0.3) is 5.91 Å². The zero-order valence-electron chi connectivity index (χ0n) is 12.5. The van der Waals surface area contributed by atoms with Gasteiger partial charge in [0.1, 0.15) is 0 Å². The first kappa shape index (κ1) is 16.9. The van der Waals surface area contributed by atoms with E-state index in [0.29, 0.717) is 5.56 Å². The highest BCUT2D eigenvalue weighted by molar-refractivity contribution is 7.89. The molecule has 0 aliphatic heterocycles. The Morgan fingerprint density at radius 2 is 1.65 bits per heavy atom. The number of sulfone groups is 1. The van der Waals surface area contributed by atoms with Gasteiger partial charge in [-0.3, -0.25) is 25.2 Å². The molecular weight excluding hydrogens is 322 g/mol. The highest BCUT2D eigenvalue weighted by atomic mass is 32.2. The van der Waals surface area contributed by atoms with Crippen LogP contribution in [0.5, 0.6) is 0 Å². The molecule has 0 radical (unpaired) electrons. The standard InChI is InChI=1S/C14H17N3O5S/c1-23(21,22)8-9-2-4-10(5-3-9)12(18)16-17-14(20)13(19)15-11-6-7-11/h2-5,11H,6-8H2,1H3,(H,15,19)(H,16,18)(H,17,20). The van der Waals surface area contributed by atoms with Crippen molar-refractivity contribution in [3.8, 4) is 0 Å². The van der Waals surface area contributed by atoms with E-state index < -0.39 is 27.6 Å². The van der Waals surface area contributed by atoms with E-state index in [1.165, 1.54) is 24.3 Å². The highest BCUT2D eigenvalue weighted by Crippen LogP contribution is 2.18. The zero-order valence-corrected chi connectivity index (χ0v) is 13.3. The summed E-state index contributed by atoms with van der Waals surface area (Å²) in [5.74, 6) is -2.47. The minimum absolute atomic E-state index is 0.0475. The number of nitrogens with one attached hydrogen (secondary N) is 3. The van der Waals surface area contributed by atoms with Gasteiger partial charge >= 0.3 is 11.8 Å². The van der Waals surface area contributed by atoms with Gasteiger partial charge in [-0.2, -0.15) is 0 Å². The minimum atomic E-state index is -3.15. The Labute approximate surface area is 133 Å². The fraction of sp³-hybridized carbons (Fsp3) is 0.357. The number of carbonyl (C=O) groups excluding carboxylic acids is 3. The maximum absolute atomic E-state index is 11.8. The van der Waals surface area contributed by atoms with E-state index in [1.807, 2.05) is 5.43 Å². The lowest BCUT2D eigenvalue weighted by molar-refractivity contribution is -0.139. The van der Waals surface area contributed by atoms with Crippen molar-refractivity contribution < 1.29 is 22.8 Å². The van der Waals surface area contributed by atoms with Crippen molar-refractivity contribution >= 4 is 27.6 Å². The summed E-state index contributed by atoms with van der Waals surface area (Å²) in [4.78, 5) is 34.7. The van der Waals surface area contributed by atoms with Gasteiger partial charge in [0.2, 0.25) is 0 Å². The third-order valence-electron chi connectivity index (χ3n) is 3.05. The lowest BCUT2D eigenvalue weighted by Gasteiger charge is -2.08. The average Bonchev–Trinajstić information content (AvgIpc) is 3.27. The normalized spacial score (nSPS) is 14.0. The van der Waals surface area contributed by atoms with Crippen molar-refractivity contribution in [3.05, 3.63) is 35.4 Å². The Kier molecular flexibility index (Phi) is 4.99. The van der Waals surface area contributed by atoms with Crippen LogP contribution in [0.3, 0.4) is 0 Å². The van der Waals surface area contributed by atoms with Crippen LogP contribution in [-0.2, 0) is 25.2 Å². The SMILES string of the molecule is CS(=O)(=O)Cc1ccc(C(=O)NNC(=O)C(=O)NC2CC2)cc1. The summed E-state index contributed by atoms with van der Waals surface area (Å²) in [5, 5.41) is 2.49. The molecule has 0 spiro atoms. The lowest BCUT2D eigenvalue weighted by Crippen LogP contribution is -2.48. The molecule has 3 N–H and O–H groups in total. The number of benzene rings is 1. The number of amides is 3. The van der Waals surface area contributed by atoms with E-state index in [0.717, 1.165) is 19.1 Å². The molecule has 9 heteroatoms. The van der Waals surface area contributed by atoms with Gasteiger partial charge in [0.05, 0.1) is 5.75 Å². The van der Waals surface area contributed by atoms with Gasteiger partial charge in [-0.15, -0.1) is 0 Å². The smallest absolute Gasteiger partial charge is 0.327 e. The predicted molar refractivity (Wildman–Crippen MR) is 81.8 cm³/mol. The fourth-order valence-corrected chi connectivity index (χ4v) is 2.57. The second kappa shape index (κ2) is 6.78. The van der Waals surface area contributed by atoms with E-state index in [9.17, 15) is 22.8 Å². The molecule has 0 heterocycles. The van der Waals surface area contributed by atoms with Crippen LogP contribution in [0.15, 0.2) is 24.3 Å². The van der Waals surface area contributed by atoms with Crippen LogP contribution in [0.2, 0.25) is 0 Å². The van der Waals surface area contributed by atoms with Crippen LogP contribution in [0.4, 0.5) is 0 Å². The third-order valence-corrected chi connectivity index (χ3v) is 3.91. The van der Waals surface area contributed by atoms with Gasteiger partial charge in [0, 0.05) is 17.9 Å². The molecule has 23 heavy (non-hydrogen) atoms. The van der Waals surface area contributed by atoms with Gasteiger partial charge < -0.3 is 5.32 Å². The van der Waals surface area contributed by atoms with Gasteiger partial charge in [0.15, 0.2) is 9.84 Å². The summed E-state index contributed by atoms with van der Waals surface area (Å²) in [5.41, 5.74) is 4.92. The van der Waals surface area contributed by atoms with Crippen LogP contribution in [0.25, 0.3) is 0 Å². The first-order valence-electron chi connectivity index (χ1n) is 6.92. The Bertz CT molecular complexity index is 723. The Morgan fingerprint density at radius 1 is 1.04 bits per heavy atom. The number of carbonyl (C=O) groups is 3. The summed E-state index contributed by atoms with van der Waals surface area (Å²) in [6.45, 7) is 0. The molecule has 0 atom stereocenters. The van der Waals surface area contributed by atoms with E-state index in [1.54, 1.807) is 0 Å². The molecule has 1 fully saturated rings. The number of hydrogen-bond donors (Lipinski definition) is 3. The van der Waals surface area contributed by atoms with Crippen molar-refractivity contribution in [2.75, 3.05) is 6.26 Å². The Balaban J connectivity index is 1.85. The van der Waals surface area contributed by atoms with E-state index in [-0.39, 0.29) is 17.4 Å². The number of hydrogen-bond acceptors (Lipinski definition) is 5. The summed E-state index contributed by atoms with van der Waals surface area (Å²) < 4.78 is 22.4. The van der Waals surface area contributed by atoms with Crippen molar-refractivity contribution in [1.29, 1.82) is 0 Å². The quantitative estimate of drug-likeness (QED) is 0.493. The molecule has 8 nitrogen and oxygen atoms in total. The average molecular weight is 339 g/mol. The number of hydrazine groups is 1. The zero-order chi connectivity index (χ0) is 17.0. The van der Waals surface area contributed by atoms with Gasteiger partial charge in [-0.1, -0.05) is 12.1 Å². The largest absolute Gasteiger partial charge is 0.345 e. The summed E-state index contributed by atoms with van der Waals surface area (Å²) in [7, 11) is -3.15. The van der Waals surface area contributed by atoms with Crippen LogP contribution in [0, 0.1) is 0 Å². The molecule has 1 aromatic rings. The molecule has 0 saturated heterocycles. The molecule has 124 valence electrons. The third kappa shape index (κ3) is 5.70. The second-order valence-corrected chi connectivity index (χ2v) is 7.56. The van der Waals surface area contributed by atoms with Gasteiger partial charge in [-0.25, -0.2) is 8.42 Å². The van der Waals surface area contributed by atoms with Gasteiger partial charge in [-0.05, 0) is 30.5 Å². The van der Waals surface area contributed by atoms with Crippen LogP contribution in [0.1, 0.15) is 28.8 Å². The minimum Gasteiger partial charge on any atom is -0.345 e. The number of rotatable bonds is 4. The molecule has 1 aromatic carbocycles. The van der Waals surface area contributed by atoms with Crippen LogP contribution >= 0.6 is 0 Å². The summed E-state index contributed by atoms with van der Waals surface area (Å²) in [6, 6.07) is 5.94. The highest BCUT2D eigenvalue weighted by Gasteiger charge is 2.26.